The number of para-hydroxylation sites is 1. The Balaban J connectivity index is 1.55. The highest BCUT2D eigenvalue weighted by molar-refractivity contribution is 5.20. The molecule has 1 aliphatic rings. The third-order valence-electron chi connectivity index (χ3n) is 3.58. The molecular weight excluding hydrogens is 222 g/mol. The van der Waals surface area contributed by atoms with E-state index in [0.717, 1.165) is 37.3 Å². The van der Waals surface area contributed by atoms with Gasteiger partial charge in [0, 0.05) is 6.04 Å². The summed E-state index contributed by atoms with van der Waals surface area (Å²) >= 11 is 0. The van der Waals surface area contributed by atoms with Crippen molar-refractivity contribution in [2.45, 2.75) is 45.1 Å². The van der Waals surface area contributed by atoms with Crippen LogP contribution in [0.2, 0.25) is 0 Å². The van der Waals surface area contributed by atoms with Gasteiger partial charge in [-0.15, -0.1) is 0 Å². The highest BCUT2D eigenvalue weighted by Crippen LogP contribution is 2.34. The molecular formula is C16H25NO. The number of nitrogens with one attached hydrogen (secondary N) is 1. The SMILES string of the molecule is CCNC(CCCCOc1ccccc1)C1CC1. The quantitative estimate of drug-likeness (QED) is 0.673. The van der Waals surface area contributed by atoms with Gasteiger partial charge in [-0.2, -0.15) is 0 Å². The van der Waals surface area contributed by atoms with Crippen molar-refractivity contribution in [3.63, 3.8) is 0 Å². The minimum Gasteiger partial charge on any atom is -0.494 e. The van der Waals surface area contributed by atoms with E-state index in [4.69, 9.17) is 4.74 Å². The van der Waals surface area contributed by atoms with E-state index in [2.05, 4.69) is 12.2 Å². The van der Waals surface area contributed by atoms with Crippen molar-refractivity contribution in [3.05, 3.63) is 30.3 Å². The molecule has 1 aromatic carbocycles. The average Bonchev–Trinajstić information content (AvgIpc) is 3.23. The van der Waals surface area contributed by atoms with E-state index in [1.54, 1.807) is 0 Å². The molecule has 1 aromatic rings. The third kappa shape index (κ3) is 4.69. The number of hydrogen-bond donors (Lipinski definition) is 1. The third-order valence-corrected chi connectivity index (χ3v) is 3.58. The van der Waals surface area contributed by atoms with E-state index in [1.165, 1.54) is 25.7 Å². The monoisotopic (exact) mass is 247 g/mol. The van der Waals surface area contributed by atoms with Crippen molar-refractivity contribution >= 4 is 0 Å². The van der Waals surface area contributed by atoms with Gasteiger partial charge in [0.25, 0.3) is 0 Å². The van der Waals surface area contributed by atoms with E-state index in [0.29, 0.717) is 0 Å². The summed E-state index contributed by atoms with van der Waals surface area (Å²) in [6.45, 7) is 4.14. The van der Waals surface area contributed by atoms with Crippen molar-refractivity contribution in [1.82, 2.24) is 5.32 Å². The molecule has 2 rings (SSSR count). The Morgan fingerprint density at radius 3 is 2.67 bits per heavy atom. The van der Waals surface area contributed by atoms with E-state index in [9.17, 15) is 0 Å². The molecule has 0 aliphatic heterocycles. The van der Waals surface area contributed by atoms with E-state index >= 15 is 0 Å². The molecule has 0 heterocycles. The highest BCUT2D eigenvalue weighted by Gasteiger charge is 2.29. The summed E-state index contributed by atoms with van der Waals surface area (Å²) in [5, 5.41) is 3.61. The zero-order valence-corrected chi connectivity index (χ0v) is 11.4. The van der Waals surface area contributed by atoms with Crippen LogP contribution in [0.4, 0.5) is 0 Å². The minimum absolute atomic E-state index is 0.756. The Kier molecular flexibility index (Phi) is 5.53. The van der Waals surface area contributed by atoms with Gasteiger partial charge in [-0.05, 0) is 56.7 Å². The maximum Gasteiger partial charge on any atom is 0.119 e. The van der Waals surface area contributed by atoms with Crippen molar-refractivity contribution in [3.8, 4) is 5.75 Å². The summed E-state index contributed by atoms with van der Waals surface area (Å²) in [6, 6.07) is 10.8. The lowest BCUT2D eigenvalue weighted by Crippen LogP contribution is -2.30. The fourth-order valence-corrected chi connectivity index (χ4v) is 2.44. The summed E-state index contributed by atoms with van der Waals surface area (Å²) < 4.78 is 5.70. The van der Waals surface area contributed by atoms with Crippen LogP contribution < -0.4 is 10.1 Å². The van der Waals surface area contributed by atoms with Crippen LogP contribution >= 0.6 is 0 Å². The molecule has 0 bridgehead atoms. The van der Waals surface area contributed by atoms with Crippen molar-refractivity contribution < 1.29 is 4.74 Å². The van der Waals surface area contributed by atoms with Gasteiger partial charge < -0.3 is 10.1 Å². The second-order valence-corrected chi connectivity index (χ2v) is 5.16. The molecule has 0 spiro atoms. The first-order valence-electron chi connectivity index (χ1n) is 7.31. The first-order valence-corrected chi connectivity index (χ1v) is 7.31. The Morgan fingerprint density at radius 1 is 1.22 bits per heavy atom. The van der Waals surface area contributed by atoms with Gasteiger partial charge in [0.2, 0.25) is 0 Å². The Labute approximate surface area is 111 Å². The van der Waals surface area contributed by atoms with Crippen LogP contribution in [0.5, 0.6) is 5.75 Å². The molecule has 1 N–H and O–H groups in total. The van der Waals surface area contributed by atoms with Crippen LogP contribution in [0.25, 0.3) is 0 Å². The molecule has 1 fully saturated rings. The summed E-state index contributed by atoms with van der Waals surface area (Å²) in [4.78, 5) is 0. The lowest BCUT2D eigenvalue weighted by Gasteiger charge is -2.16. The second kappa shape index (κ2) is 7.42. The van der Waals surface area contributed by atoms with E-state index < -0.39 is 0 Å². The van der Waals surface area contributed by atoms with Crippen LogP contribution in [0.3, 0.4) is 0 Å². The summed E-state index contributed by atoms with van der Waals surface area (Å²) in [7, 11) is 0. The normalized spacial score (nSPS) is 16.5. The summed E-state index contributed by atoms with van der Waals surface area (Å²) in [5.41, 5.74) is 0. The molecule has 0 amide bonds. The molecule has 18 heavy (non-hydrogen) atoms. The maximum absolute atomic E-state index is 5.70. The fourth-order valence-electron chi connectivity index (χ4n) is 2.44. The highest BCUT2D eigenvalue weighted by atomic mass is 16.5. The van der Waals surface area contributed by atoms with Crippen LogP contribution in [0, 0.1) is 5.92 Å². The first-order chi connectivity index (χ1) is 8.90. The molecule has 2 nitrogen and oxygen atoms in total. The molecule has 0 aromatic heterocycles. The molecule has 0 radical (unpaired) electrons. The lowest BCUT2D eigenvalue weighted by atomic mass is 10.1. The topological polar surface area (TPSA) is 21.3 Å². The molecule has 0 saturated heterocycles. The molecule has 2 heteroatoms. The Bertz CT molecular complexity index is 321. The molecule has 100 valence electrons. The van der Waals surface area contributed by atoms with Gasteiger partial charge in [-0.1, -0.05) is 25.1 Å². The van der Waals surface area contributed by atoms with Gasteiger partial charge in [-0.3, -0.25) is 0 Å². The average molecular weight is 247 g/mol. The van der Waals surface area contributed by atoms with Gasteiger partial charge in [0.15, 0.2) is 0 Å². The number of unbranched alkanes of at least 4 members (excludes halogenated alkanes) is 1. The summed E-state index contributed by atoms with van der Waals surface area (Å²) in [5.74, 6) is 1.95. The van der Waals surface area contributed by atoms with Gasteiger partial charge in [-0.25, -0.2) is 0 Å². The number of benzene rings is 1. The predicted octanol–water partition coefficient (Wildman–Crippen LogP) is 3.62. The molecule has 1 unspecified atom stereocenters. The zero-order chi connectivity index (χ0) is 12.6. The Hall–Kier alpha value is -1.02. The predicted molar refractivity (Wildman–Crippen MR) is 76.0 cm³/mol. The van der Waals surface area contributed by atoms with Crippen LogP contribution in [0.1, 0.15) is 39.0 Å². The van der Waals surface area contributed by atoms with Gasteiger partial charge >= 0.3 is 0 Å². The second-order valence-electron chi connectivity index (χ2n) is 5.16. The van der Waals surface area contributed by atoms with Crippen molar-refractivity contribution in [2.24, 2.45) is 5.92 Å². The van der Waals surface area contributed by atoms with Crippen LogP contribution in [-0.4, -0.2) is 19.2 Å². The molecule has 1 saturated carbocycles. The minimum atomic E-state index is 0.756. The number of hydrogen-bond acceptors (Lipinski definition) is 2. The largest absolute Gasteiger partial charge is 0.494 e. The van der Waals surface area contributed by atoms with E-state index in [1.807, 2.05) is 30.3 Å². The Morgan fingerprint density at radius 2 is 2.00 bits per heavy atom. The first kappa shape index (κ1) is 13.4. The van der Waals surface area contributed by atoms with E-state index in [-0.39, 0.29) is 0 Å². The summed E-state index contributed by atoms with van der Waals surface area (Å²) in [6.07, 6.45) is 6.58. The molecule has 1 atom stereocenters. The van der Waals surface area contributed by atoms with Crippen molar-refractivity contribution in [1.29, 1.82) is 0 Å². The van der Waals surface area contributed by atoms with Crippen LogP contribution in [-0.2, 0) is 0 Å². The zero-order valence-electron chi connectivity index (χ0n) is 11.4. The smallest absolute Gasteiger partial charge is 0.119 e. The lowest BCUT2D eigenvalue weighted by molar-refractivity contribution is 0.298. The number of ether oxygens (including phenoxy) is 1. The standard InChI is InChI=1S/C16H25NO/c1-2-17-16(14-11-12-14)10-6-7-13-18-15-8-4-3-5-9-15/h3-5,8-9,14,16-17H,2,6-7,10-13H2,1H3. The molecule has 1 aliphatic carbocycles. The van der Waals surface area contributed by atoms with Gasteiger partial charge in [0.05, 0.1) is 6.61 Å². The number of rotatable bonds is 9. The fraction of sp³-hybridized carbons (Fsp3) is 0.625. The van der Waals surface area contributed by atoms with Crippen molar-refractivity contribution in [2.75, 3.05) is 13.2 Å². The van der Waals surface area contributed by atoms with Crippen LogP contribution in [0.15, 0.2) is 30.3 Å². The van der Waals surface area contributed by atoms with Gasteiger partial charge in [0.1, 0.15) is 5.75 Å². The maximum atomic E-state index is 5.70.